The van der Waals surface area contributed by atoms with Crippen LogP contribution in [0.5, 0.6) is 5.75 Å². The Labute approximate surface area is 268 Å². The topological polar surface area (TPSA) is 115 Å². The number of methoxy groups -OCH3 is 1. The van der Waals surface area contributed by atoms with Crippen molar-refractivity contribution in [1.82, 2.24) is 24.9 Å². The van der Waals surface area contributed by atoms with Gasteiger partial charge in [0.1, 0.15) is 29.2 Å². The number of rotatable bonds is 11. The maximum atomic E-state index is 12.8. The number of benzene rings is 3. The van der Waals surface area contributed by atoms with E-state index in [-0.39, 0.29) is 5.91 Å². The number of hydrogen-bond acceptors (Lipinski definition) is 9. The summed E-state index contributed by atoms with van der Waals surface area (Å²) in [5.41, 5.74) is 8.53. The van der Waals surface area contributed by atoms with Crippen molar-refractivity contribution < 1.29 is 14.3 Å². The number of hydrogen-bond donors (Lipinski definition) is 2. The minimum atomic E-state index is -0.242. The summed E-state index contributed by atoms with van der Waals surface area (Å²) in [6.07, 6.45) is 6.49. The van der Waals surface area contributed by atoms with Crippen molar-refractivity contribution in [2.45, 2.75) is 23.8 Å². The fourth-order valence-electron chi connectivity index (χ4n) is 4.89. The molecule has 226 valence electrons. The number of aromatic nitrogens is 5. The predicted molar refractivity (Wildman–Crippen MR) is 180 cm³/mol. The van der Waals surface area contributed by atoms with Crippen molar-refractivity contribution in [3.63, 3.8) is 0 Å². The van der Waals surface area contributed by atoms with E-state index in [0.717, 1.165) is 60.3 Å². The Kier molecular flexibility index (Phi) is 9.30. The minimum absolute atomic E-state index is 0.242. The lowest BCUT2D eigenvalue weighted by Crippen LogP contribution is -2.07. The molecule has 3 heterocycles. The summed E-state index contributed by atoms with van der Waals surface area (Å²) in [6, 6.07) is 20.2. The summed E-state index contributed by atoms with van der Waals surface area (Å²) in [7, 11) is 1.65. The number of carbonyl (C=O) groups is 1. The SMILES string of the molecule is COCCOc1ccc(-c2cccc(/C=C/C(=O)Nc3nc(-c4c(C)cc(Sc5ncnc6[nH]cnc56)cc4C)cs3)c2)cc1. The smallest absolute Gasteiger partial charge is 0.250 e. The van der Waals surface area contributed by atoms with Gasteiger partial charge in [-0.05, 0) is 78.1 Å². The van der Waals surface area contributed by atoms with Crippen molar-refractivity contribution in [3.05, 3.63) is 101 Å². The average Bonchev–Trinajstić information content (AvgIpc) is 3.71. The van der Waals surface area contributed by atoms with E-state index in [1.54, 1.807) is 31.3 Å². The molecule has 3 aromatic heterocycles. The lowest BCUT2D eigenvalue weighted by Gasteiger charge is -2.11. The Balaban J connectivity index is 1.10. The fourth-order valence-corrected chi connectivity index (χ4v) is 6.63. The van der Waals surface area contributed by atoms with Crippen LogP contribution in [0.15, 0.2) is 94.7 Å². The molecule has 0 aliphatic carbocycles. The lowest BCUT2D eigenvalue weighted by molar-refractivity contribution is -0.111. The molecule has 9 nitrogen and oxygen atoms in total. The van der Waals surface area contributed by atoms with Crippen LogP contribution in [-0.4, -0.2) is 51.2 Å². The van der Waals surface area contributed by atoms with E-state index >= 15 is 0 Å². The maximum absolute atomic E-state index is 12.8. The molecule has 0 saturated heterocycles. The van der Waals surface area contributed by atoms with Gasteiger partial charge in [-0.25, -0.2) is 19.9 Å². The second kappa shape index (κ2) is 13.9. The summed E-state index contributed by atoms with van der Waals surface area (Å²) < 4.78 is 10.7. The minimum Gasteiger partial charge on any atom is -0.491 e. The third-order valence-electron chi connectivity index (χ3n) is 6.95. The Hall–Kier alpha value is -4.84. The summed E-state index contributed by atoms with van der Waals surface area (Å²) in [5.74, 6) is 0.554. The molecule has 0 aliphatic rings. The number of aryl methyl sites for hydroxylation is 2. The zero-order valence-electron chi connectivity index (χ0n) is 24.9. The number of nitrogens with one attached hydrogen (secondary N) is 2. The van der Waals surface area contributed by atoms with E-state index in [1.165, 1.54) is 23.7 Å². The van der Waals surface area contributed by atoms with Gasteiger partial charge in [0.05, 0.1) is 18.6 Å². The Morgan fingerprint density at radius 1 is 1.00 bits per heavy atom. The van der Waals surface area contributed by atoms with E-state index < -0.39 is 0 Å². The van der Waals surface area contributed by atoms with E-state index in [9.17, 15) is 4.79 Å². The van der Waals surface area contributed by atoms with Gasteiger partial charge in [0.2, 0.25) is 5.91 Å². The first kappa shape index (κ1) is 30.2. The van der Waals surface area contributed by atoms with Crippen molar-refractivity contribution in [2.75, 3.05) is 25.6 Å². The zero-order chi connectivity index (χ0) is 31.2. The molecule has 11 heteroatoms. The normalized spacial score (nSPS) is 11.4. The van der Waals surface area contributed by atoms with Crippen LogP contribution in [0.4, 0.5) is 5.13 Å². The van der Waals surface area contributed by atoms with Crippen LogP contribution in [0.1, 0.15) is 16.7 Å². The molecular weight excluding hydrogens is 605 g/mol. The largest absolute Gasteiger partial charge is 0.491 e. The first-order valence-corrected chi connectivity index (χ1v) is 15.9. The van der Waals surface area contributed by atoms with Crippen LogP contribution >= 0.6 is 23.1 Å². The number of carbonyl (C=O) groups excluding carboxylic acids is 1. The molecule has 0 saturated carbocycles. The molecule has 0 atom stereocenters. The van der Waals surface area contributed by atoms with Gasteiger partial charge in [-0.2, -0.15) is 0 Å². The standard InChI is InChI=1S/C34H30N6O3S2/c1-21-15-27(45-33-31-32(36-19-35-31)37-20-38-33)16-22(2)30(21)28-18-44-34(39-28)40-29(41)12-7-23-5-4-6-25(17-23)24-8-10-26(11-9-24)43-14-13-42-3/h4-12,15-20H,13-14H2,1-3H3,(H,39,40,41)(H,35,36,37,38)/b12-7+. The highest BCUT2D eigenvalue weighted by atomic mass is 32.2. The van der Waals surface area contributed by atoms with Crippen LogP contribution < -0.4 is 10.1 Å². The number of ether oxygens (including phenoxy) is 2. The Morgan fingerprint density at radius 2 is 1.82 bits per heavy atom. The van der Waals surface area contributed by atoms with Crippen LogP contribution in [-0.2, 0) is 9.53 Å². The molecule has 6 aromatic rings. The highest BCUT2D eigenvalue weighted by Gasteiger charge is 2.15. The first-order chi connectivity index (χ1) is 22.0. The number of thiazole rings is 1. The third kappa shape index (κ3) is 7.28. The van der Waals surface area contributed by atoms with Crippen molar-refractivity contribution in [3.8, 4) is 28.1 Å². The molecule has 1 amide bonds. The van der Waals surface area contributed by atoms with Crippen LogP contribution in [0.3, 0.4) is 0 Å². The Bertz CT molecular complexity index is 1960. The summed E-state index contributed by atoms with van der Waals surface area (Å²) in [5, 5.41) is 6.21. The molecule has 0 bridgehead atoms. The van der Waals surface area contributed by atoms with E-state index in [0.29, 0.717) is 24.0 Å². The van der Waals surface area contributed by atoms with Gasteiger partial charge in [0.25, 0.3) is 0 Å². The first-order valence-electron chi connectivity index (χ1n) is 14.2. The highest BCUT2D eigenvalue weighted by Crippen LogP contribution is 2.36. The van der Waals surface area contributed by atoms with Gasteiger partial charge in [0.15, 0.2) is 10.8 Å². The van der Waals surface area contributed by atoms with Gasteiger partial charge in [-0.1, -0.05) is 42.1 Å². The molecule has 2 N–H and O–H groups in total. The number of aromatic amines is 1. The maximum Gasteiger partial charge on any atom is 0.250 e. The lowest BCUT2D eigenvalue weighted by atomic mass is 10.0. The predicted octanol–water partition coefficient (Wildman–Crippen LogP) is 7.59. The molecular formula is C34H30N6O3S2. The summed E-state index contributed by atoms with van der Waals surface area (Å²) in [4.78, 5) is 34.6. The monoisotopic (exact) mass is 634 g/mol. The van der Waals surface area contributed by atoms with Crippen molar-refractivity contribution in [2.24, 2.45) is 0 Å². The number of anilines is 1. The quantitative estimate of drug-likeness (QED) is 0.0851. The number of H-pyrrole nitrogens is 1. The second-order valence-electron chi connectivity index (χ2n) is 10.2. The van der Waals surface area contributed by atoms with Gasteiger partial charge in [-0.15, -0.1) is 11.3 Å². The van der Waals surface area contributed by atoms with Crippen molar-refractivity contribution in [1.29, 1.82) is 0 Å². The van der Waals surface area contributed by atoms with E-state index in [4.69, 9.17) is 14.5 Å². The molecule has 0 spiro atoms. The third-order valence-corrected chi connectivity index (χ3v) is 8.67. The molecule has 0 unspecified atom stereocenters. The van der Waals surface area contributed by atoms with E-state index in [1.807, 2.05) is 53.9 Å². The number of amides is 1. The molecule has 6 rings (SSSR count). The van der Waals surface area contributed by atoms with Crippen LogP contribution in [0.25, 0.3) is 39.6 Å². The zero-order valence-corrected chi connectivity index (χ0v) is 26.5. The second-order valence-corrected chi connectivity index (χ2v) is 12.1. The summed E-state index contributed by atoms with van der Waals surface area (Å²) in [6.45, 7) is 5.18. The molecule has 45 heavy (non-hydrogen) atoms. The molecule has 3 aromatic carbocycles. The summed E-state index contributed by atoms with van der Waals surface area (Å²) >= 11 is 2.95. The van der Waals surface area contributed by atoms with Crippen molar-refractivity contribution >= 4 is 51.4 Å². The van der Waals surface area contributed by atoms with Gasteiger partial charge in [-0.3, -0.25) is 10.1 Å². The average molecular weight is 635 g/mol. The molecule has 0 radical (unpaired) electrons. The fraction of sp³-hybridized carbons (Fsp3) is 0.147. The highest BCUT2D eigenvalue weighted by molar-refractivity contribution is 7.99. The molecule has 0 aliphatic heterocycles. The van der Waals surface area contributed by atoms with Gasteiger partial charge < -0.3 is 14.5 Å². The van der Waals surface area contributed by atoms with Crippen LogP contribution in [0, 0.1) is 13.8 Å². The van der Waals surface area contributed by atoms with E-state index in [2.05, 4.69) is 51.2 Å². The van der Waals surface area contributed by atoms with Gasteiger partial charge in [0, 0.05) is 29.0 Å². The number of imidazole rings is 1. The number of fused-ring (bicyclic) bond motifs is 1. The van der Waals surface area contributed by atoms with Crippen LogP contribution in [0.2, 0.25) is 0 Å². The Morgan fingerprint density at radius 3 is 2.62 bits per heavy atom. The molecule has 0 fully saturated rings. The van der Waals surface area contributed by atoms with Gasteiger partial charge >= 0.3 is 0 Å². The number of nitrogens with zero attached hydrogens (tertiary/aromatic N) is 4.